The SMILES string of the molecule is CN(C)S(=O)(=O)N(C)c1ccc(C(=O)N2CCN(C(c3ccccc3)c3ccccc3)CC2)cc1. The molecule has 1 saturated heterocycles. The second-order valence-corrected chi connectivity index (χ2v) is 11.0. The molecule has 35 heavy (non-hydrogen) atoms. The standard InChI is InChI=1S/C27H32N4O3S/c1-28(2)35(33,34)29(3)25-16-14-24(15-17-25)27(32)31-20-18-30(19-21-31)26(22-10-6-4-7-11-22)23-12-8-5-9-13-23/h4-17,26H,18-21H2,1-3H3. The molecule has 7 nitrogen and oxygen atoms in total. The fourth-order valence-corrected chi connectivity index (χ4v) is 5.32. The number of nitrogens with zero attached hydrogens (tertiary/aromatic N) is 4. The molecular weight excluding hydrogens is 460 g/mol. The molecule has 1 fully saturated rings. The summed E-state index contributed by atoms with van der Waals surface area (Å²) in [7, 11) is 0.903. The number of hydrogen-bond acceptors (Lipinski definition) is 4. The number of carbonyl (C=O) groups excluding carboxylic acids is 1. The topological polar surface area (TPSA) is 64.2 Å². The van der Waals surface area contributed by atoms with Crippen molar-refractivity contribution >= 4 is 21.8 Å². The first kappa shape index (κ1) is 24.9. The van der Waals surface area contributed by atoms with Crippen LogP contribution >= 0.6 is 0 Å². The van der Waals surface area contributed by atoms with E-state index in [0.29, 0.717) is 24.3 Å². The molecule has 4 rings (SSSR count). The average Bonchev–Trinajstić information content (AvgIpc) is 2.89. The van der Waals surface area contributed by atoms with Crippen LogP contribution in [0.3, 0.4) is 0 Å². The lowest BCUT2D eigenvalue weighted by molar-refractivity contribution is 0.0597. The number of rotatable bonds is 7. The van der Waals surface area contributed by atoms with Crippen LogP contribution in [0.25, 0.3) is 0 Å². The number of benzene rings is 3. The minimum absolute atomic E-state index is 0.0368. The van der Waals surface area contributed by atoms with Crippen LogP contribution < -0.4 is 4.31 Å². The van der Waals surface area contributed by atoms with Crippen molar-refractivity contribution in [3.63, 3.8) is 0 Å². The Morgan fingerprint density at radius 1 is 0.743 bits per heavy atom. The van der Waals surface area contributed by atoms with Gasteiger partial charge in [0.15, 0.2) is 0 Å². The van der Waals surface area contributed by atoms with Gasteiger partial charge in [0.05, 0.1) is 11.7 Å². The predicted octanol–water partition coefficient (Wildman–Crippen LogP) is 3.48. The van der Waals surface area contributed by atoms with Gasteiger partial charge in [0.25, 0.3) is 5.91 Å². The molecule has 3 aromatic carbocycles. The van der Waals surface area contributed by atoms with Gasteiger partial charge < -0.3 is 4.90 Å². The van der Waals surface area contributed by atoms with Crippen LogP contribution in [0, 0.1) is 0 Å². The van der Waals surface area contributed by atoms with Crippen molar-refractivity contribution in [2.24, 2.45) is 0 Å². The summed E-state index contributed by atoms with van der Waals surface area (Å²) < 4.78 is 27.1. The lowest BCUT2D eigenvalue weighted by atomic mass is 9.96. The number of anilines is 1. The Hall–Kier alpha value is -3.20. The summed E-state index contributed by atoms with van der Waals surface area (Å²) in [6.07, 6.45) is 0. The van der Waals surface area contributed by atoms with Crippen molar-refractivity contribution in [2.75, 3.05) is 51.6 Å². The van der Waals surface area contributed by atoms with E-state index in [9.17, 15) is 13.2 Å². The van der Waals surface area contributed by atoms with Gasteiger partial charge in [0.1, 0.15) is 0 Å². The predicted molar refractivity (Wildman–Crippen MR) is 140 cm³/mol. The maximum atomic E-state index is 13.2. The zero-order chi connectivity index (χ0) is 25.0. The van der Waals surface area contributed by atoms with Crippen LogP contribution in [-0.2, 0) is 10.2 Å². The van der Waals surface area contributed by atoms with E-state index in [0.717, 1.165) is 17.4 Å². The van der Waals surface area contributed by atoms with Crippen LogP contribution in [0.4, 0.5) is 5.69 Å². The van der Waals surface area contributed by atoms with Crippen molar-refractivity contribution in [1.82, 2.24) is 14.1 Å². The summed E-state index contributed by atoms with van der Waals surface area (Å²) in [6, 6.07) is 27.8. The molecule has 1 amide bonds. The molecule has 8 heteroatoms. The van der Waals surface area contributed by atoms with Gasteiger partial charge in [-0.3, -0.25) is 14.0 Å². The van der Waals surface area contributed by atoms with Gasteiger partial charge in [-0.25, -0.2) is 0 Å². The third-order valence-corrected chi connectivity index (χ3v) is 8.31. The highest BCUT2D eigenvalue weighted by molar-refractivity contribution is 7.90. The molecular formula is C27H32N4O3S. The summed E-state index contributed by atoms with van der Waals surface area (Å²) in [5, 5.41) is 0. The van der Waals surface area contributed by atoms with Crippen LogP contribution in [0.1, 0.15) is 27.5 Å². The molecule has 1 aliphatic rings. The molecule has 184 valence electrons. The summed E-state index contributed by atoms with van der Waals surface area (Å²) in [4.78, 5) is 17.5. The maximum Gasteiger partial charge on any atom is 0.303 e. The highest BCUT2D eigenvalue weighted by Crippen LogP contribution is 2.29. The molecule has 0 aromatic heterocycles. The van der Waals surface area contributed by atoms with E-state index in [1.165, 1.54) is 36.6 Å². The van der Waals surface area contributed by atoms with E-state index in [4.69, 9.17) is 0 Å². The molecule has 1 aliphatic heterocycles. The van der Waals surface area contributed by atoms with E-state index in [1.807, 2.05) is 17.0 Å². The van der Waals surface area contributed by atoms with Gasteiger partial charge >= 0.3 is 10.2 Å². The summed E-state index contributed by atoms with van der Waals surface area (Å²) in [6.45, 7) is 2.79. The van der Waals surface area contributed by atoms with Gasteiger partial charge in [-0.1, -0.05) is 60.7 Å². The average molecular weight is 493 g/mol. The van der Waals surface area contributed by atoms with Crippen LogP contribution in [0.5, 0.6) is 0 Å². The minimum atomic E-state index is -3.58. The lowest BCUT2D eigenvalue weighted by Crippen LogP contribution is -2.49. The molecule has 0 radical (unpaired) electrons. The molecule has 0 unspecified atom stereocenters. The fourth-order valence-electron chi connectivity index (χ4n) is 4.44. The van der Waals surface area contributed by atoms with E-state index in [1.54, 1.807) is 24.3 Å². The summed E-state index contributed by atoms with van der Waals surface area (Å²) in [5.74, 6) is -0.0368. The molecule has 0 bridgehead atoms. The number of piperazine rings is 1. The number of hydrogen-bond donors (Lipinski definition) is 0. The van der Waals surface area contributed by atoms with Crippen molar-refractivity contribution in [1.29, 1.82) is 0 Å². The summed E-state index contributed by atoms with van der Waals surface area (Å²) in [5.41, 5.74) is 3.55. The van der Waals surface area contributed by atoms with Crippen molar-refractivity contribution < 1.29 is 13.2 Å². The largest absolute Gasteiger partial charge is 0.336 e. The van der Waals surface area contributed by atoms with E-state index < -0.39 is 10.2 Å². The van der Waals surface area contributed by atoms with Gasteiger partial charge in [0, 0.05) is 52.9 Å². The lowest BCUT2D eigenvalue weighted by Gasteiger charge is -2.39. The second-order valence-electron chi connectivity index (χ2n) is 8.86. The molecule has 0 saturated carbocycles. The van der Waals surface area contributed by atoms with Crippen LogP contribution in [0.15, 0.2) is 84.9 Å². The van der Waals surface area contributed by atoms with Gasteiger partial charge in [0.2, 0.25) is 0 Å². The zero-order valence-electron chi connectivity index (χ0n) is 20.4. The molecule has 0 spiro atoms. The van der Waals surface area contributed by atoms with Crippen LogP contribution in [0.2, 0.25) is 0 Å². The first-order chi connectivity index (χ1) is 16.8. The van der Waals surface area contributed by atoms with Crippen LogP contribution in [-0.4, -0.2) is 75.8 Å². The molecule has 1 heterocycles. The Kier molecular flexibility index (Phi) is 7.54. The first-order valence-corrected chi connectivity index (χ1v) is 13.1. The summed E-state index contributed by atoms with van der Waals surface area (Å²) >= 11 is 0. The molecule has 0 N–H and O–H groups in total. The van der Waals surface area contributed by atoms with Crippen molar-refractivity contribution in [2.45, 2.75) is 6.04 Å². The Labute approximate surface area is 208 Å². The monoisotopic (exact) mass is 492 g/mol. The second kappa shape index (κ2) is 10.6. The number of amides is 1. The normalized spacial score (nSPS) is 14.9. The van der Waals surface area contributed by atoms with Gasteiger partial charge in [-0.2, -0.15) is 12.7 Å². The molecule has 0 atom stereocenters. The molecule has 0 aliphatic carbocycles. The zero-order valence-corrected chi connectivity index (χ0v) is 21.2. The van der Waals surface area contributed by atoms with Crippen molar-refractivity contribution in [3.8, 4) is 0 Å². The number of carbonyl (C=O) groups is 1. The molecule has 3 aromatic rings. The van der Waals surface area contributed by atoms with E-state index in [-0.39, 0.29) is 11.9 Å². The van der Waals surface area contributed by atoms with Gasteiger partial charge in [-0.05, 0) is 35.4 Å². The third-order valence-electron chi connectivity index (χ3n) is 6.48. The Morgan fingerprint density at radius 3 is 1.69 bits per heavy atom. The Morgan fingerprint density at radius 2 is 1.23 bits per heavy atom. The quantitative estimate of drug-likeness (QED) is 0.507. The van der Waals surface area contributed by atoms with E-state index >= 15 is 0 Å². The fraction of sp³-hybridized carbons (Fsp3) is 0.296. The highest BCUT2D eigenvalue weighted by atomic mass is 32.2. The first-order valence-electron chi connectivity index (χ1n) is 11.7. The smallest absolute Gasteiger partial charge is 0.303 e. The Bertz CT molecular complexity index is 1180. The van der Waals surface area contributed by atoms with Crippen molar-refractivity contribution in [3.05, 3.63) is 102 Å². The highest BCUT2D eigenvalue weighted by Gasteiger charge is 2.29. The third kappa shape index (κ3) is 5.40. The van der Waals surface area contributed by atoms with Gasteiger partial charge in [-0.15, -0.1) is 0 Å². The maximum absolute atomic E-state index is 13.2. The minimum Gasteiger partial charge on any atom is -0.336 e. The Balaban J connectivity index is 1.45. The van der Waals surface area contributed by atoms with E-state index in [2.05, 4.69) is 53.4 Å².